The Labute approximate surface area is 113 Å². The van der Waals surface area contributed by atoms with Crippen LogP contribution in [0.3, 0.4) is 0 Å². The highest BCUT2D eigenvalue weighted by molar-refractivity contribution is 8.00. The highest BCUT2D eigenvalue weighted by atomic mass is 32.2. The molecule has 0 aliphatic carbocycles. The number of benzene rings is 1. The summed E-state index contributed by atoms with van der Waals surface area (Å²) in [4.78, 5) is 0.442. The van der Waals surface area contributed by atoms with Gasteiger partial charge in [0.25, 0.3) is 0 Å². The van der Waals surface area contributed by atoms with Gasteiger partial charge in [-0.3, -0.25) is 0 Å². The van der Waals surface area contributed by atoms with Gasteiger partial charge in [0.15, 0.2) is 0 Å². The van der Waals surface area contributed by atoms with Crippen molar-refractivity contribution in [1.82, 2.24) is 4.31 Å². The van der Waals surface area contributed by atoms with Gasteiger partial charge in [-0.2, -0.15) is 16.1 Å². The zero-order valence-electron chi connectivity index (χ0n) is 10.4. The summed E-state index contributed by atoms with van der Waals surface area (Å²) < 4.78 is 26.8. The molecule has 2 heterocycles. The van der Waals surface area contributed by atoms with Crippen molar-refractivity contribution >= 4 is 21.8 Å². The largest absolute Gasteiger partial charge is 0.243 e. The van der Waals surface area contributed by atoms with E-state index in [4.69, 9.17) is 0 Å². The van der Waals surface area contributed by atoms with E-state index < -0.39 is 10.0 Å². The van der Waals surface area contributed by atoms with Gasteiger partial charge in [-0.05, 0) is 30.5 Å². The third kappa shape index (κ3) is 1.98. The van der Waals surface area contributed by atoms with Crippen LogP contribution < -0.4 is 0 Å². The standard InChI is InChI=1S/C13H17NO2S2/c1-2-10-3-5-13(6-4-10)18(15,16)14-8-12-7-11(14)9-17-12/h3-6,11-12H,2,7-9H2,1H3. The van der Waals surface area contributed by atoms with Crippen LogP contribution in [-0.4, -0.2) is 36.3 Å². The summed E-state index contributed by atoms with van der Waals surface area (Å²) in [6, 6.07) is 7.53. The highest BCUT2D eigenvalue weighted by Gasteiger charge is 2.44. The predicted octanol–water partition coefficient (Wildman–Crippen LogP) is 2.13. The Balaban J connectivity index is 1.89. The maximum atomic E-state index is 12.5. The Bertz CT molecular complexity index is 539. The summed E-state index contributed by atoms with van der Waals surface area (Å²) in [6.07, 6.45) is 1.96. The van der Waals surface area contributed by atoms with Gasteiger partial charge in [0.1, 0.15) is 0 Å². The van der Waals surface area contributed by atoms with Crippen molar-refractivity contribution < 1.29 is 8.42 Å². The molecule has 2 saturated heterocycles. The summed E-state index contributed by atoms with van der Waals surface area (Å²) in [5.41, 5.74) is 1.17. The van der Waals surface area contributed by atoms with Crippen LogP contribution in [0.15, 0.2) is 29.2 Å². The molecule has 2 aliphatic rings. The molecule has 5 heteroatoms. The Hall–Kier alpha value is -0.520. The van der Waals surface area contributed by atoms with Gasteiger partial charge in [-0.15, -0.1) is 0 Å². The van der Waals surface area contributed by atoms with Crippen LogP contribution in [-0.2, 0) is 16.4 Å². The summed E-state index contributed by atoms with van der Waals surface area (Å²) in [6.45, 7) is 2.76. The molecule has 0 radical (unpaired) electrons. The fourth-order valence-corrected chi connectivity index (χ4v) is 5.99. The van der Waals surface area contributed by atoms with Crippen LogP contribution in [0.1, 0.15) is 18.9 Å². The van der Waals surface area contributed by atoms with E-state index in [1.807, 2.05) is 23.9 Å². The van der Waals surface area contributed by atoms with E-state index >= 15 is 0 Å². The van der Waals surface area contributed by atoms with Gasteiger partial charge < -0.3 is 0 Å². The molecule has 1 aromatic carbocycles. The lowest BCUT2D eigenvalue weighted by Gasteiger charge is -2.25. The number of rotatable bonds is 3. The molecule has 2 bridgehead atoms. The molecular weight excluding hydrogens is 266 g/mol. The number of thioether (sulfide) groups is 1. The van der Waals surface area contributed by atoms with E-state index in [-0.39, 0.29) is 6.04 Å². The Morgan fingerprint density at radius 3 is 2.56 bits per heavy atom. The summed E-state index contributed by atoms with van der Waals surface area (Å²) in [5.74, 6) is 0.955. The first-order chi connectivity index (χ1) is 8.61. The van der Waals surface area contributed by atoms with Gasteiger partial charge in [-0.25, -0.2) is 8.42 Å². The second-order valence-corrected chi connectivity index (χ2v) is 8.14. The average molecular weight is 283 g/mol. The van der Waals surface area contributed by atoms with Gasteiger partial charge in [0, 0.05) is 23.6 Å². The SMILES string of the molecule is CCc1ccc(S(=O)(=O)N2CC3CC2CS3)cc1. The molecule has 0 saturated carbocycles. The number of nitrogens with zero attached hydrogens (tertiary/aromatic N) is 1. The summed E-state index contributed by atoms with van der Waals surface area (Å²) in [5, 5.41) is 0.514. The molecule has 18 heavy (non-hydrogen) atoms. The van der Waals surface area contributed by atoms with Crippen molar-refractivity contribution in [2.24, 2.45) is 0 Å². The molecule has 3 nitrogen and oxygen atoms in total. The monoisotopic (exact) mass is 283 g/mol. The fourth-order valence-electron chi connectivity index (χ4n) is 2.69. The van der Waals surface area contributed by atoms with E-state index in [0.29, 0.717) is 16.7 Å². The van der Waals surface area contributed by atoms with Crippen LogP contribution in [0.4, 0.5) is 0 Å². The van der Waals surface area contributed by atoms with E-state index in [1.165, 1.54) is 5.56 Å². The third-order valence-electron chi connectivity index (χ3n) is 3.79. The normalized spacial score (nSPS) is 27.8. The van der Waals surface area contributed by atoms with Crippen LogP contribution in [0.5, 0.6) is 0 Å². The molecule has 1 aromatic rings. The Kier molecular flexibility index (Phi) is 3.16. The fraction of sp³-hybridized carbons (Fsp3) is 0.538. The first kappa shape index (κ1) is 12.5. The molecule has 2 aliphatic heterocycles. The van der Waals surface area contributed by atoms with Crippen molar-refractivity contribution in [1.29, 1.82) is 0 Å². The zero-order chi connectivity index (χ0) is 12.8. The van der Waals surface area contributed by atoms with Gasteiger partial charge in [0.2, 0.25) is 10.0 Å². The molecule has 0 N–H and O–H groups in total. The van der Waals surface area contributed by atoms with E-state index in [0.717, 1.165) is 18.6 Å². The van der Waals surface area contributed by atoms with Crippen molar-refractivity contribution in [2.45, 2.75) is 36.0 Å². The van der Waals surface area contributed by atoms with Crippen molar-refractivity contribution in [2.75, 3.05) is 12.3 Å². The molecule has 2 atom stereocenters. The van der Waals surface area contributed by atoms with Crippen molar-refractivity contribution in [3.63, 3.8) is 0 Å². The van der Waals surface area contributed by atoms with Gasteiger partial charge in [-0.1, -0.05) is 19.1 Å². The smallest absolute Gasteiger partial charge is 0.207 e. The topological polar surface area (TPSA) is 37.4 Å². The first-order valence-corrected chi connectivity index (χ1v) is 8.82. The lowest BCUT2D eigenvalue weighted by Crippen LogP contribution is -2.39. The minimum Gasteiger partial charge on any atom is -0.207 e. The zero-order valence-corrected chi connectivity index (χ0v) is 12.0. The highest BCUT2D eigenvalue weighted by Crippen LogP contribution is 2.40. The van der Waals surface area contributed by atoms with Gasteiger partial charge in [0.05, 0.1) is 4.90 Å². The molecule has 98 valence electrons. The van der Waals surface area contributed by atoms with Crippen molar-refractivity contribution in [3.05, 3.63) is 29.8 Å². The number of aryl methyl sites for hydroxylation is 1. The molecular formula is C13H17NO2S2. The predicted molar refractivity (Wildman–Crippen MR) is 74.4 cm³/mol. The molecule has 2 fully saturated rings. The summed E-state index contributed by atoms with van der Waals surface area (Å²) in [7, 11) is -3.27. The minimum absolute atomic E-state index is 0.218. The Morgan fingerprint density at radius 1 is 1.33 bits per heavy atom. The maximum Gasteiger partial charge on any atom is 0.243 e. The van der Waals surface area contributed by atoms with E-state index in [1.54, 1.807) is 16.4 Å². The second kappa shape index (κ2) is 4.54. The lowest BCUT2D eigenvalue weighted by molar-refractivity contribution is 0.410. The van der Waals surface area contributed by atoms with Crippen LogP contribution in [0.25, 0.3) is 0 Å². The second-order valence-electron chi connectivity index (χ2n) is 4.92. The lowest BCUT2D eigenvalue weighted by atomic mass is 10.2. The first-order valence-electron chi connectivity index (χ1n) is 6.33. The molecule has 0 amide bonds. The Morgan fingerprint density at radius 2 is 2.06 bits per heavy atom. The maximum absolute atomic E-state index is 12.5. The number of sulfonamides is 1. The number of fused-ring (bicyclic) bond motifs is 2. The quantitative estimate of drug-likeness (QED) is 0.853. The van der Waals surface area contributed by atoms with Crippen LogP contribution >= 0.6 is 11.8 Å². The van der Waals surface area contributed by atoms with Crippen LogP contribution in [0.2, 0.25) is 0 Å². The number of hydrogen-bond acceptors (Lipinski definition) is 3. The molecule has 0 aromatic heterocycles. The van der Waals surface area contributed by atoms with Gasteiger partial charge >= 0.3 is 0 Å². The summed E-state index contributed by atoms with van der Waals surface area (Å²) >= 11 is 1.91. The van der Waals surface area contributed by atoms with E-state index in [2.05, 4.69) is 6.92 Å². The number of hydrogen-bond donors (Lipinski definition) is 0. The molecule has 3 rings (SSSR count). The minimum atomic E-state index is -3.27. The van der Waals surface area contributed by atoms with Crippen molar-refractivity contribution in [3.8, 4) is 0 Å². The molecule has 2 unspecified atom stereocenters. The third-order valence-corrected chi connectivity index (χ3v) is 7.11. The molecule has 0 spiro atoms. The van der Waals surface area contributed by atoms with E-state index in [9.17, 15) is 8.42 Å². The average Bonchev–Trinajstić information content (AvgIpc) is 3.01. The van der Waals surface area contributed by atoms with Crippen LogP contribution in [0, 0.1) is 0 Å².